The van der Waals surface area contributed by atoms with E-state index in [1.165, 1.54) is 32.2 Å². The van der Waals surface area contributed by atoms with Crippen molar-refractivity contribution in [1.82, 2.24) is 0 Å². The van der Waals surface area contributed by atoms with Gasteiger partial charge in [-0.3, -0.25) is 10.1 Å². The fraction of sp³-hybridized carbons (Fsp3) is 0.250. The van der Waals surface area contributed by atoms with Gasteiger partial charge in [-0.15, -0.1) is 0 Å². The molecule has 0 saturated carbocycles. The average molecular weight is 269 g/mol. The predicted molar refractivity (Wildman–Crippen MR) is 65.4 cm³/mol. The highest BCUT2D eigenvalue weighted by molar-refractivity contribution is 5.92. The molecule has 0 unspecified atom stereocenters. The fourth-order valence-electron chi connectivity index (χ4n) is 1.34. The molecule has 0 amide bonds. The summed E-state index contributed by atoms with van der Waals surface area (Å²) >= 11 is 0. The lowest BCUT2D eigenvalue weighted by molar-refractivity contribution is -0.385. The predicted octanol–water partition coefficient (Wildman–Crippen LogP) is 2.48. The maximum absolute atomic E-state index is 13.5. The van der Waals surface area contributed by atoms with Gasteiger partial charge in [-0.25, -0.2) is 4.79 Å². The number of hydrogen-bond donors (Lipinski definition) is 0. The largest absolute Gasteiger partial charge is 0.497 e. The topological polar surface area (TPSA) is 78.7 Å². The van der Waals surface area contributed by atoms with E-state index in [0.29, 0.717) is 5.75 Å². The van der Waals surface area contributed by atoms with Crippen molar-refractivity contribution in [1.29, 1.82) is 0 Å². The third-order valence-electron chi connectivity index (χ3n) is 2.18. The lowest BCUT2D eigenvalue weighted by Crippen LogP contribution is -2.04. The number of ether oxygens (including phenoxy) is 2. The first-order valence-corrected chi connectivity index (χ1v) is 5.36. The molecule has 0 N–H and O–H groups in total. The number of methoxy groups -OCH3 is 1. The summed E-state index contributed by atoms with van der Waals surface area (Å²) < 4.78 is 22.8. The fourth-order valence-corrected chi connectivity index (χ4v) is 1.34. The molecule has 0 saturated heterocycles. The van der Waals surface area contributed by atoms with E-state index in [2.05, 4.69) is 4.74 Å². The van der Waals surface area contributed by atoms with E-state index in [4.69, 9.17) is 4.74 Å². The molecule has 0 heterocycles. The molecule has 0 radical (unpaired) electrons. The van der Waals surface area contributed by atoms with E-state index >= 15 is 0 Å². The van der Waals surface area contributed by atoms with Crippen LogP contribution in [0.25, 0.3) is 6.08 Å². The summed E-state index contributed by atoms with van der Waals surface area (Å²) in [5, 5.41) is 10.8. The van der Waals surface area contributed by atoms with Crippen LogP contribution in [0.3, 0.4) is 0 Å². The van der Waals surface area contributed by atoms with Crippen LogP contribution in [0, 0.1) is 10.1 Å². The van der Waals surface area contributed by atoms with Crippen LogP contribution in [0.1, 0.15) is 12.5 Å². The maximum atomic E-state index is 13.5. The van der Waals surface area contributed by atoms with Crippen LogP contribution in [0.5, 0.6) is 5.75 Å². The minimum Gasteiger partial charge on any atom is -0.497 e. The van der Waals surface area contributed by atoms with Crippen molar-refractivity contribution in [3.8, 4) is 5.75 Å². The van der Waals surface area contributed by atoms with Gasteiger partial charge in [0.1, 0.15) is 5.75 Å². The average Bonchev–Trinajstić information content (AvgIpc) is 2.38. The van der Waals surface area contributed by atoms with Gasteiger partial charge in [0.25, 0.3) is 5.69 Å². The quantitative estimate of drug-likeness (QED) is 0.355. The SMILES string of the molecule is CCOC(=O)C(F)=Cc1cc(OC)ccc1[N+](=O)[O-]. The van der Waals surface area contributed by atoms with Crippen molar-refractivity contribution in [2.24, 2.45) is 0 Å². The molecule has 0 atom stereocenters. The summed E-state index contributed by atoms with van der Waals surface area (Å²) in [4.78, 5) is 21.2. The van der Waals surface area contributed by atoms with Crippen molar-refractivity contribution in [2.75, 3.05) is 13.7 Å². The van der Waals surface area contributed by atoms with Gasteiger partial charge in [0.2, 0.25) is 5.83 Å². The molecule has 6 nitrogen and oxygen atoms in total. The molecule has 0 aliphatic heterocycles. The van der Waals surface area contributed by atoms with Crippen LogP contribution in [0.4, 0.5) is 10.1 Å². The van der Waals surface area contributed by atoms with Crippen LogP contribution >= 0.6 is 0 Å². The summed E-state index contributed by atoms with van der Waals surface area (Å²) in [6, 6.07) is 3.80. The number of nitrogens with zero attached hydrogens (tertiary/aromatic N) is 1. The smallest absolute Gasteiger partial charge is 0.367 e. The highest BCUT2D eigenvalue weighted by Crippen LogP contribution is 2.26. The molecule has 0 bridgehead atoms. The van der Waals surface area contributed by atoms with E-state index < -0.39 is 16.7 Å². The van der Waals surface area contributed by atoms with E-state index in [0.717, 1.165) is 6.08 Å². The molecule has 1 aromatic carbocycles. The number of nitro benzene ring substituents is 1. The molecule has 0 aliphatic rings. The second-order valence-corrected chi connectivity index (χ2v) is 3.39. The minimum atomic E-state index is -1.21. The van der Waals surface area contributed by atoms with Gasteiger partial charge in [-0.1, -0.05) is 0 Å². The third kappa shape index (κ3) is 3.77. The number of nitro groups is 1. The Bertz CT molecular complexity index is 527. The molecule has 102 valence electrons. The van der Waals surface area contributed by atoms with E-state index in [1.54, 1.807) is 0 Å². The number of carbonyl (C=O) groups excluding carboxylic acids is 1. The van der Waals surface area contributed by atoms with Crippen LogP contribution in [-0.4, -0.2) is 24.6 Å². The minimum absolute atomic E-state index is 0.0142. The number of benzene rings is 1. The van der Waals surface area contributed by atoms with Gasteiger partial charge in [0.15, 0.2) is 0 Å². The number of carbonyl (C=O) groups is 1. The maximum Gasteiger partial charge on any atom is 0.367 e. The Labute approximate surface area is 108 Å². The Morgan fingerprint density at radius 3 is 2.74 bits per heavy atom. The Balaban J connectivity index is 3.20. The number of rotatable bonds is 5. The van der Waals surface area contributed by atoms with Gasteiger partial charge >= 0.3 is 5.97 Å². The first-order valence-electron chi connectivity index (χ1n) is 5.36. The normalized spacial score (nSPS) is 11.0. The lowest BCUT2D eigenvalue weighted by atomic mass is 10.1. The van der Waals surface area contributed by atoms with Gasteiger partial charge in [-0.2, -0.15) is 4.39 Å². The first kappa shape index (κ1) is 14.6. The molecule has 0 spiro atoms. The highest BCUT2D eigenvalue weighted by Gasteiger charge is 2.16. The van der Waals surface area contributed by atoms with Crippen molar-refractivity contribution < 1.29 is 23.6 Å². The zero-order valence-corrected chi connectivity index (χ0v) is 10.4. The number of esters is 1. The Kier molecular flexibility index (Phi) is 4.99. The highest BCUT2D eigenvalue weighted by atomic mass is 19.1. The molecule has 1 rings (SSSR count). The standard InChI is InChI=1S/C12H12FNO5/c1-3-19-12(15)10(13)7-8-6-9(18-2)4-5-11(8)14(16)17/h4-7H,3H2,1-2H3. The van der Waals surface area contributed by atoms with Crippen molar-refractivity contribution >= 4 is 17.7 Å². The van der Waals surface area contributed by atoms with E-state index in [9.17, 15) is 19.3 Å². The van der Waals surface area contributed by atoms with E-state index in [-0.39, 0.29) is 17.9 Å². The van der Waals surface area contributed by atoms with Crippen molar-refractivity contribution in [3.05, 3.63) is 39.7 Å². The van der Waals surface area contributed by atoms with Crippen LogP contribution in [0.15, 0.2) is 24.0 Å². The summed E-state index contributed by atoms with van der Waals surface area (Å²) in [5.41, 5.74) is -0.407. The molecular formula is C12H12FNO5. The second-order valence-electron chi connectivity index (χ2n) is 3.39. The molecule has 0 aliphatic carbocycles. The summed E-state index contributed by atoms with van der Waals surface area (Å²) in [6.45, 7) is 1.54. The molecule has 1 aromatic rings. The summed E-state index contributed by atoms with van der Waals surface area (Å²) in [5.74, 6) is -2.06. The first-order chi connectivity index (χ1) is 8.99. The van der Waals surface area contributed by atoms with Crippen LogP contribution < -0.4 is 4.74 Å². The molecular weight excluding hydrogens is 257 g/mol. The van der Waals surface area contributed by atoms with Crippen LogP contribution in [-0.2, 0) is 9.53 Å². The Morgan fingerprint density at radius 2 is 2.21 bits per heavy atom. The van der Waals surface area contributed by atoms with Crippen LogP contribution in [0.2, 0.25) is 0 Å². The molecule has 0 fully saturated rings. The Morgan fingerprint density at radius 1 is 1.53 bits per heavy atom. The molecule has 0 aromatic heterocycles. The third-order valence-corrected chi connectivity index (χ3v) is 2.18. The van der Waals surface area contributed by atoms with Crippen molar-refractivity contribution in [2.45, 2.75) is 6.92 Å². The van der Waals surface area contributed by atoms with Gasteiger partial charge in [-0.05, 0) is 25.1 Å². The molecule has 7 heteroatoms. The second kappa shape index (κ2) is 6.48. The number of hydrogen-bond acceptors (Lipinski definition) is 5. The zero-order chi connectivity index (χ0) is 14.4. The van der Waals surface area contributed by atoms with Gasteiger partial charge in [0, 0.05) is 6.07 Å². The van der Waals surface area contributed by atoms with Crippen molar-refractivity contribution in [3.63, 3.8) is 0 Å². The van der Waals surface area contributed by atoms with E-state index in [1.807, 2.05) is 0 Å². The monoisotopic (exact) mass is 269 g/mol. The number of halogens is 1. The summed E-state index contributed by atoms with van der Waals surface area (Å²) in [6.07, 6.45) is 0.749. The van der Waals surface area contributed by atoms with Gasteiger partial charge < -0.3 is 9.47 Å². The summed E-state index contributed by atoms with van der Waals surface area (Å²) in [7, 11) is 1.37. The Hall–Kier alpha value is -2.44. The zero-order valence-electron chi connectivity index (χ0n) is 10.4. The lowest BCUT2D eigenvalue weighted by Gasteiger charge is -2.03. The molecule has 19 heavy (non-hydrogen) atoms. The van der Waals surface area contributed by atoms with Gasteiger partial charge in [0.05, 0.1) is 24.2 Å².